The zero-order valence-electron chi connectivity index (χ0n) is 20.1. The third kappa shape index (κ3) is 8.30. The molecule has 0 heterocycles. The molecule has 1 aliphatic carbocycles. The van der Waals surface area contributed by atoms with Gasteiger partial charge in [0, 0.05) is 39.6 Å². The van der Waals surface area contributed by atoms with Gasteiger partial charge in [-0.05, 0) is 62.1 Å². The Morgan fingerprint density at radius 2 is 1.69 bits per heavy atom. The van der Waals surface area contributed by atoms with Gasteiger partial charge in [-0.25, -0.2) is 0 Å². The summed E-state index contributed by atoms with van der Waals surface area (Å²) in [7, 11) is 0. The van der Waals surface area contributed by atoms with E-state index in [1.165, 1.54) is 6.42 Å². The second-order valence-electron chi connectivity index (χ2n) is 8.90. The third-order valence-electron chi connectivity index (χ3n) is 6.34. The molecule has 2 aromatic rings. The molecule has 1 aliphatic rings. The van der Waals surface area contributed by atoms with E-state index in [1.807, 2.05) is 6.92 Å². The minimum Gasteiger partial charge on any atom is -0.494 e. The highest BCUT2D eigenvalue weighted by molar-refractivity contribution is 6.36. The summed E-state index contributed by atoms with van der Waals surface area (Å²) in [4.78, 5) is 28.3. The first-order valence-corrected chi connectivity index (χ1v) is 13.4. The zero-order chi connectivity index (χ0) is 25.2. The van der Waals surface area contributed by atoms with Gasteiger partial charge in [0.05, 0.1) is 6.61 Å². The van der Waals surface area contributed by atoms with Crippen LogP contribution in [0.25, 0.3) is 0 Å². The van der Waals surface area contributed by atoms with Gasteiger partial charge >= 0.3 is 0 Å². The molecule has 1 atom stereocenters. The van der Waals surface area contributed by atoms with Gasteiger partial charge < -0.3 is 15.0 Å². The lowest BCUT2D eigenvalue weighted by atomic mass is 9.95. The van der Waals surface area contributed by atoms with E-state index in [-0.39, 0.29) is 30.8 Å². The zero-order valence-corrected chi connectivity index (χ0v) is 22.3. The van der Waals surface area contributed by atoms with Crippen LogP contribution in [0.1, 0.15) is 63.9 Å². The molecule has 190 valence electrons. The molecule has 0 unspecified atom stereocenters. The van der Waals surface area contributed by atoms with E-state index >= 15 is 0 Å². The van der Waals surface area contributed by atoms with Crippen LogP contribution in [-0.4, -0.2) is 35.4 Å². The Morgan fingerprint density at radius 1 is 1.03 bits per heavy atom. The van der Waals surface area contributed by atoms with Crippen LogP contribution in [0, 0.1) is 0 Å². The van der Waals surface area contributed by atoms with Gasteiger partial charge in [-0.1, -0.05) is 67.1 Å². The van der Waals surface area contributed by atoms with Gasteiger partial charge in [-0.2, -0.15) is 0 Å². The fourth-order valence-corrected chi connectivity index (χ4v) is 5.05. The first kappa shape index (κ1) is 27.6. The van der Waals surface area contributed by atoms with E-state index in [0.29, 0.717) is 45.8 Å². The number of halogens is 3. The molecule has 0 radical (unpaired) electrons. The number of amides is 2. The number of rotatable bonds is 11. The van der Waals surface area contributed by atoms with Crippen molar-refractivity contribution < 1.29 is 14.3 Å². The van der Waals surface area contributed by atoms with Gasteiger partial charge in [-0.3, -0.25) is 9.59 Å². The van der Waals surface area contributed by atoms with E-state index in [2.05, 4.69) is 5.32 Å². The van der Waals surface area contributed by atoms with Crippen molar-refractivity contribution in [1.82, 2.24) is 10.2 Å². The lowest BCUT2D eigenvalue weighted by molar-refractivity contribution is -0.142. The lowest BCUT2D eigenvalue weighted by Crippen LogP contribution is -2.51. The van der Waals surface area contributed by atoms with Crippen molar-refractivity contribution >= 4 is 46.6 Å². The highest BCUT2D eigenvalue weighted by Crippen LogP contribution is 2.28. The van der Waals surface area contributed by atoms with Gasteiger partial charge in [0.25, 0.3) is 0 Å². The number of hydrogen-bond acceptors (Lipinski definition) is 3. The fourth-order valence-electron chi connectivity index (χ4n) is 4.41. The maximum atomic E-state index is 13.4. The molecule has 2 aromatic carbocycles. The van der Waals surface area contributed by atoms with E-state index in [9.17, 15) is 9.59 Å². The number of nitrogens with one attached hydrogen (secondary N) is 1. The summed E-state index contributed by atoms with van der Waals surface area (Å²) in [6.07, 6.45) is 6.64. The minimum atomic E-state index is -0.603. The molecule has 0 bridgehead atoms. The molecule has 3 rings (SSSR count). The molecule has 8 heteroatoms. The number of nitrogens with zero attached hydrogens (tertiary/aromatic N) is 1. The lowest BCUT2D eigenvalue weighted by Gasteiger charge is -2.33. The van der Waals surface area contributed by atoms with Gasteiger partial charge in [0.15, 0.2) is 0 Å². The first-order chi connectivity index (χ1) is 16.9. The van der Waals surface area contributed by atoms with Crippen molar-refractivity contribution in [3.63, 3.8) is 0 Å². The Balaban J connectivity index is 1.69. The number of hydrogen-bond donors (Lipinski definition) is 1. The highest BCUT2D eigenvalue weighted by atomic mass is 35.5. The summed E-state index contributed by atoms with van der Waals surface area (Å²) in [6, 6.07) is 11.9. The normalized spacial score (nSPS) is 14.9. The molecule has 5 nitrogen and oxygen atoms in total. The Morgan fingerprint density at radius 3 is 2.31 bits per heavy atom. The monoisotopic (exact) mass is 538 g/mol. The summed E-state index contributed by atoms with van der Waals surface area (Å²) in [5, 5.41) is 4.77. The number of ether oxygens (including phenoxy) is 1. The van der Waals surface area contributed by atoms with Crippen LogP contribution in [-0.2, 0) is 16.1 Å². The largest absolute Gasteiger partial charge is 0.494 e. The standard InChI is InChI=1S/C27H33Cl3N2O3/c1-2-25(27(34)31-20-8-4-3-5-9-20)32(18-22-23(29)10-6-11-24(22)30)26(33)12-7-17-35-21-15-13-19(28)14-16-21/h6,10-11,13-16,20,25H,2-5,7-9,12,17-18H2,1H3,(H,31,34)/t25-/m1/s1. The van der Waals surface area contributed by atoms with Gasteiger partial charge in [-0.15, -0.1) is 0 Å². The van der Waals surface area contributed by atoms with E-state index in [1.54, 1.807) is 47.4 Å². The van der Waals surface area contributed by atoms with Crippen LogP contribution < -0.4 is 10.1 Å². The average molecular weight is 540 g/mol. The molecule has 0 aliphatic heterocycles. The quantitative estimate of drug-likeness (QED) is 0.311. The smallest absolute Gasteiger partial charge is 0.243 e. The van der Waals surface area contributed by atoms with Crippen LogP contribution in [0.3, 0.4) is 0 Å². The third-order valence-corrected chi connectivity index (χ3v) is 7.31. The Kier molecular flexibility index (Phi) is 11.0. The molecule has 2 amide bonds. The van der Waals surface area contributed by atoms with Crippen LogP contribution in [0.4, 0.5) is 0 Å². The maximum absolute atomic E-state index is 13.4. The van der Waals surface area contributed by atoms with Crippen LogP contribution in [0.5, 0.6) is 5.75 Å². The molecule has 1 N–H and O–H groups in total. The van der Waals surface area contributed by atoms with Crippen molar-refractivity contribution in [2.75, 3.05) is 6.61 Å². The van der Waals surface area contributed by atoms with Crippen molar-refractivity contribution in [1.29, 1.82) is 0 Å². The van der Waals surface area contributed by atoms with E-state index < -0.39 is 6.04 Å². The molecular formula is C27H33Cl3N2O3. The van der Waals surface area contributed by atoms with Gasteiger partial charge in [0.1, 0.15) is 11.8 Å². The first-order valence-electron chi connectivity index (χ1n) is 12.3. The summed E-state index contributed by atoms with van der Waals surface area (Å²) in [5.41, 5.74) is 0.644. The van der Waals surface area contributed by atoms with Gasteiger partial charge in [0.2, 0.25) is 11.8 Å². The average Bonchev–Trinajstić information content (AvgIpc) is 2.85. The molecule has 0 aromatic heterocycles. The van der Waals surface area contributed by atoms with Crippen LogP contribution in [0.2, 0.25) is 15.1 Å². The maximum Gasteiger partial charge on any atom is 0.243 e. The number of carbonyl (C=O) groups excluding carboxylic acids is 2. The van der Waals surface area contributed by atoms with Crippen LogP contribution >= 0.6 is 34.8 Å². The Labute approximate surface area is 223 Å². The highest BCUT2D eigenvalue weighted by Gasteiger charge is 2.31. The second-order valence-corrected chi connectivity index (χ2v) is 10.1. The summed E-state index contributed by atoms with van der Waals surface area (Å²) >= 11 is 18.7. The molecule has 0 spiro atoms. The van der Waals surface area contributed by atoms with Crippen molar-refractivity contribution in [2.45, 2.75) is 76.9 Å². The summed E-state index contributed by atoms with van der Waals surface area (Å²) in [5.74, 6) is 0.444. The Bertz CT molecular complexity index is 958. The molecule has 1 fully saturated rings. The minimum absolute atomic E-state index is 0.117. The van der Waals surface area contributed by atoms with E-state index in [0.717, 1.165) is 25.7 Å². The Hall–Kier alpha value is -1.95. The fraction of sp³-hybridized carbons (Fsp3) is 0.481. The van der Waals surface area contributed by atoms with Crippen LogP contribution in [0.15, 0.2) is 42.5 Å². The topological polar surface area (TPSA) is 58.6 Å². The molecular weight excluding hydrogens is 507 g/mol. The number of benzene rings is 2. The second kappa shape index (κ2) is 14.0. The predicted octanol–water partition coefficient (Wildman–Crippen LogP) is 7.06. The predicted molar refractivity (Wildman–Crippen MR) is 142 cm³/mol. The van der Waals surface area contributed by atoms with E-state index in [4.69, 9.17) is 39.5 Å². The van der Waals surface area contributed by atoms with Crippen molar-refractivity contribution in [3.8, 4) is 5.75 Å². The number of carbonyl (C=O) groups is 2. The molecule has 1 saturated carbocycles. The summed E-state index contributed by atoms with van der Waals surface area (Å²) < 4.78 is 5.73. The van der Waals surface area contributed by atoms with Crippen molar-refractivity contribution in [3.05, 3.63) is 63.1 Å². The SMILES string of the molecule is CC[C@H](C(=O)NC1CCCCC1)N(Cc1c(Cl)cccc1Cl)C(=O)CCCOc1ccc(Cl)cc1. The molecule has 0 saturated heterocycles. The molecule has 35 heavy (non-hydrogen) atoms. The van der Waals surface area contributed by atoms with Crippen molar-refractivity contribution in [2.24, 2.45) is 0 Å². The summed E-state index contributed by atoms with van der Waals surface area (Å²) in [6.45, 7) is 2.47.